The van der Waals surface area contributed by atoms with Gasteiger partial charge in [0.1, 0.15) is 17.2 Å². The highest BCUT2D eigenvalue weighted by Crippen LogP contribution is 2.30. The maximum absolute atomic E-state index is 11.8. The van der Waals surface area contributed by atoms with Crippen LogP contribution in [-0.2, 0) is 19.9 Å². The summed E-state index contributed by atoms with van der Waals surface area (Å²) in [6.07, 6.45) is 3.45. The van der Waals surface area contributed by atoms with Crippen LogP contribution >= 0.6 is 0 Å². The maximum Gasteiger partial charge on any atom is 0.269 e. The van der Waals surface area contributed by atoms with Gasteiger partial charge in [-0.05, 0) is 42.2 Å². The number of fused-ring (bicyclic) bond motifs is 1. The molecule has 0 fully saturated rings. The second kappa shape index (κ2) is 9.09. The zero-order valence-corrected chi connectivity index (χ0v) is 18.8. The third-order valence-electron chi connectivity index (χ3n) is 5.51. The molecule has 7 heteroatoms. The molecule has 0 saturated carbocycles. The number of carbonyl (C=O) groups excluding carboxylic acids is 1. The van der Waals surface area contributed by atoms with Crippen LogP contribution in [0.2, 0.25) is 0 Å². The number of imidazole rings is 1. The number of anilines is 2. The quantitative estimate of drug-likeness (QED) is 0.433. The molecule has 0 bridgehead atoms. The van der Waals surface area contributed by atoms with Crippen molar-refractivity contribution in [2.45, 2.75) is 26.7 Å². The number of carbonyl (C=O) groups is 1. The number of aryl methyl sites for hydroxylation is 3. The lowest BCUT2D eigenvalue weighted by Gasteiger charge is -2.15. The van der Waals surface area contributed by atoms with Crippen molar-refractivity contribution in [3.63, 3.8) is 0 Å². The molecule has 0 spiro atoms. The maximum atomic E-state index is 11.8. The highest BCUT2D eigenvalue weighted by atomic mass is 16.5. The van der Waals surface area contributed by atoms with Gasteiger partial charge in [0.25, 0.3) is 5.91 Å². The van der Waals surface area contributed by atoms with Gasteiger partial charge < -0.3 is 19.9 Å². The fourth-order valence-corrected chi connectivity index (χ4v) is 3.73. The molecular formula is C25H27N5O2. The van der Waals surface area contributed by atoms with E-state index in [0.717, 1.165) is 35.5 Å². The minimum Gasteiger partial charge on any atom is -0.457 e. The Morgan fingerprint density at radius 2 is 1.75 bits per heavy atom. The van der Waals surface area contributed by atoms with Crippen molar-refractivity contribution in [3.8, 4) is 11.5 Å². The molecule has 0 saturated heterocycles. The van der Waals surface area contributed by atoms with E-state index in [1.54, 1.807) is 25.4 Å². The van der Waals surface area contributed by atoms with Crippen LogP contribution in [-0.4, -0.2) is 27.5 Å². The number of rotatable bonds is 7. The van der Waals surface area contributed by atoms with Gasteiger partial charge in [0.15, 0.2) is 0 Å². The van der Waals surface area contributed by atoms with Gasteiger partial charge in [-0.25, -0.2) is 4.98 Å². The van der Waals surface area contributed by atoms with Crippen LogP contribution in [0.15, 0.2) is 54.7 Å². The van der Waals surface area contributed by atoms with Crippen LogP contribution in [0.4, 0.5) is 11.6 Å². The van der Waals surface area contributed by atoms with Crippen LogP contribution < -0.4 is 15.4 Å². The lowest BCUT2D eigenvalue weighted by molar-refractivity contribution is 0.0958. The Bertz CT molecular complexity index is 1260. The summed E-state index contributed by atoms with van der Waals surface area (Å²) >= 11 is 0. The summed E-state index contributed by atoms with van der Waals surface area (Å²) in [6.45, 7) is 4.32. The van der Waals surface area contributed by atoms with E-state index >= 15 is 0 Å². The first-order valence-electron chi connectivity index (χ1n) is 10.7. The van der Waals surface area contributed by atoms with E-state index in [-0.39, 0.29) is 5.91 Å². The molecule has 7 nitrogen and oxygen atoms in total. The van der Waals surface area contributed by atoms with E-state index in [2.05, 4.69) is 47.7 Å². The molecule has 4 rings (SSSR count). The van der Waals surface area contributed by atoms with Crippen LogP contribution in [0.1, 0.15) is 35.5 Å². The third-order valence-corrected chi connectivity index (χ3v) is 5.51. The second-order valence-electron chi connectivity index (χ2n) is 7.49. The number of nitrogens with zero attached hydrogens (tertiary/aromatic N) is 3. The molecule has 1 amide bonds. The number of benzene rings is 2. The van der Waals surface area contributed by atoms with Gasteiger partial charge in [0.05, 0.1) is 11.0 Å². The van der Waals surface area contributed by atoms with Crippen molar-refractivity contribution >= 4 is 28.6 Å². The lowest BCUT2D eigenvalue weighted by Crippen LogP contribution is -2.18. The van der Waals surface area contributed by atoms with Crippen LogP contribution in [0.3, 0.4) is 0 Å². The predicted molar refractivity (Wildman–Crippen MR) is 127 cm³/mol. The van der Waals surface area contributed by atoms with Crippen molar-refractivity contribution in [3.05, 3.63) is 71.5 Å². The first kappa shape index (κ1) is 21.4. The van der Waals surface area contributed by atoms with E-state index in [0.29, 0.717) is 17.2 Å². The molecule has 0 atom stereocenters. The lowest BCUT2D eigenvalue weighted by atomic mass is 10.0. The zero-order valence-electron chi connectivity index (χ0n) is 18.8. The van der Waals surface area contributed by atoms with Crippen LogP contribution in [0, 0.1) is 0 Å². The average molecular weight is 430 g/mol. The van der Waals surface area contributed by atoms with Gasteiger partial charge in [0.2, 0.25) is 5.95 Å². The molecule has 0 unspecified atom stereocenters. The summed E-state index contributed by atoms with van der Waals surface area (Å²) < 4.78 is 8.02. The highest BCUT2D eigenvalue weighted by Gasteiger charge is 2.13. The van der Waals surface area contributed by atoms with Crippen molar-refractivity contribution in [2.24, 2.45) is 7.05 Å². The molecule has 2 aromatic heterocycles. The summed E-state index contributed by atoms with van der Waals surface area (Å²) in [5.41, 5.74) is 5.78. The Morgan fingerprint density at radius 1 is 1.03 bits per heavy atom. The largest absolute Gasteiger partial charge is 0.457 e. The number of nitrogens with one attached hydrogen (secondary N) is 2. The van der Waals surface area contributed by atoms with Gasteiger partial charge in [-0.15, -0.1) is 0 Å². The summed E-state index contributed by atoms with van der Waals surface area (Å²) in [4.78, 5) is 20.7. The molecule has 164 valence electrons. The number of hydrogen-bond donors (Lipinski definition) is 2. The Balaban J connectivity index is 1.64. The molecule has 0 aliphatic carbocycles. The highest BCUT2D eigenvalue weighted by molar-refractivity contribution is 5.92. The van der Waals surface area contributed by atoms with Gasteiger partial charge >= 0.3 is 0 Å². The number of aromatic nitrogens is 3. The molecule has 32 heavy (non-hydrogen) atoms. The van der Waals surface area contributed by atoms with Crippen LogP contribution in [0.25, 0.3) is 11.0 Å². The fraction of sp³-hybridized carbons (Fsp3) is 0.240. The monoisotopic (exact) mass is 429 g/mol. The van der Waals surface area contributed by atoms with Crippen molar-refractivity contribution in [2.75, 3.05) is 12.4 Å². The van der Waals surface area contributed by atoms with Crippen molar-refractivity contribution in [1.82, 2.24) is 19.9 Å². The number of pyridine rings is 1. The van der Waals surface area contributed by atoms with E-state index in [9.17, 15) is 4.79 Å². The smallest absolute Gasteiger partial charge is 0.269 e. The van der Waals surface area contributed by atoms with Crippen molar-refractivity contribution < 1.29 is 9.53 Å². The van der Waals surface area contributed by atoms with Gasteiger partial charge in [-0.2, -0.15) is 0 Å². The number of para-hydroxylation sites is 1. The summed E-state index contributed by atoms with van der Waals surface area (Å²) in [5, 5.41) is 6.12. The molecule has 2 aromatic carbocycles. The number of hydrogen-bond acceptors (Lipinski definition) is 5. The summed E-state index contributed by atoms with van der Waals surface area (Å²) in [5.74, 6) is 1.69. The molecule has 0 aliphatic heterocycles. The first-order chi connectivity index (χ1) is 15.5. The molecule has 2 heterocycles. The SMILES string of the molecule is CCc1cccc(CC)c1Nc1nc2cc(Oc3ccnc(C(=O)NC)c3)ccc2n1C. The fourth-order valence-electron chi connectivity index (χ4n) is 3.73. The van der Waals surface area contributed by atoms with Gasteiger partial charge in [-0.1, -0.05) is 32.0 Å². The number of amides is 1. The third kappa shape index (κ3) is 4.14. The Morgan fingerprint density at radius 3 is 2.44 bits per heavy atom. The molecule has 4 aromatic rings. The Labute approximate surface area is 187 Å². The van der Waals surface area contributed by atoms with E-state index in [1.165, 1.54) is 11.1 Å². The summed E-state index contributed by atoms with van der Waals surface area (Å²) in [7, 11) is 3.57. The average Bonchev–Trinajstić information content (AvgIpc) is 3.13. The second-order valence-corrected chi connectivity index (χ2v) is 7.49. The van der Waals surface area contributed by atoms with E-state index < -0.39 is 0 Å². The standard InChI is InChI=1S/C25H27N5O2/c1-5-16-8-7-9-17(6-2)23(16)29-25-28-20-14-18(10-11-22(20)30(25)4)32-19-12-13-27-21(15-19)24(31)26-3/h7-15H,5-6H2,1-4H3,(H,26,31)(H,28,29). The van der Waals surface area contributed by atoms with Crippen LogP contribution in [0.5, 0.6) is 11.5 Å². The summed E-state index contributed by atoms with van der Waals surface area (Å²) in [6, 6.07) is 15.5. The van der Waals surface area contributed by atoms with Gasteiger partial charge in [0, 0.05) is 38.1 Å². The molecule has 0 aliphatic rings. The Kier molecular flexibility index (Phi) is 6.07. The number of ether oxygens (including phenoxy) is 1. The van der Waals surface area contributed by atoms with Crippen molar-refractivity contribution in [1.29, 1.82) is 0 Å². The Hall–Kier alpha value is -3.87. The topological polar surface area (TPSA) is 81.1 Å². The molecule has 0 radical (unpaired) electrons. The first-order valence-corrected chi connectivity index (χ1v) is 10.7. The molecular weight excluding hydrogens is 402 g/mol. The van der Waals surface area contributed by atoms with Gasteiger partial charge in [-0.3, -0.25) is 9.78 Å². The predicted octanol–water partition coefficient (Wildman–Crippen LogP) is 4.99. The minimum atomic E-state index is -0.259. The normalized spacial score (nSPS) is 10.9. The minimum absolute atomic E-state index is 0.259. The van der Waals surface area contributed by atoms with E-state index in [1.807, 2.05) is 29.8 Å². The molecule has 2 N–H and O–H groups in total. The zero-order chi connectivity index (χ0) is 22.7. The van der Waals surface area contributed by atoms with E-state index in [4.69, 9.17) is 9.72 Å².